The smallest absolute Gasteiger partial charge is 0.308 e. The summed E-state index contributed by atoms with van der Waals surface area (Å²) in [5.74, 6) is -0.450. The molecule has 2 rings (SSSR count). The summed E-state index contributed by atoms with van der Waals surface area (Å²) < 4.78 is 0. The molecule has 0 aromatic carbocycles. The van der Waals surface area contributed by atoms with Crippen LogP contribution in [-0.2, 0) is 4.79 Å². The molecule has 0 radical (unpaired) electrons. The van der Waals surface area contributed by atoms with Gasteiger partial charge in [0.25, 0.3) is 0 Å². The maximum Gasteiger partial charge on any atom is 0.308 e. The van der Waals surface area contributed by atoms with Crippen LogP contribution in [0.1, 0.15) is 19.8 Å². The Hall–Kier alpha value is -0.610. The maximum absolute atomic E-state index is 11.2. The Morgan fingerprint density at radius 2 is 2.13 bits per heavy atom. The predicted octanol–water partition coefficient (Wildman–Crippen LogP) is 0.411. The van der Waals surface area contributed by atoms with Gasteiger partial charge in [-0.25, -0.2) is 0 Å². The Labute approximate surface area is 89.9 Å². The molecule has 2 atom stereocenters. The second-order valence-corrected chi connectivity index (χ2v) is 5.01. The van der Waals surface area contributed by atoms with Crippen molar-refractivity contribution in [1.29, 1.82) is 0 Å². The summed E-state index contributed by atoms with van der Waals surface area (Å²) in [6.07, 6.45) is 2.14. The number of β-amino-alcohol motifs (C(OH)–C–C–N with tert-alkyl or cyclic N) is 1. The van der Waals surface area contributed by atoms with Crippen LogP contribution in [0.5, 0.6) is 0 Å². The zero-order valence-electron chi connectivity index (χ0n) is 9.15. The fourth-order valence-corrected chi connectivity index (χ4v) is 3.06. The third-order valence-electron chi connectivity index (χ3n) is 4.19. The summed E-state index contributed by atoms with van der Waals surface area (Å²) in [6.45, 7) is 4.41. The van der Waals surface area contributed by atoms with Crippen molar-refractivity contribution in [2.75, 3.05) is 26.2 Å². The molecule has 1 aliphatic carbocycles. The van der Waals surface area contributed by atoms with Crippen LogP contribution in [0.2, 0.25) is 0 Å². The van der Waals surface area contributed by atoms with E-state index in [2.05, 4.69) is 11.8 Å². The van der Waals surface area contributed by atoms with Gasteiger partial charge < -0.3 is 10.2 Å². The monoisotopic (exact) mass is 213 g/mol. The van der Waals surface area contributed by atoms with Gasteiger partial charge in [0.2, 0.25) is 0 Å². The molecule has 0 amide bonds. The van der Waals surface area contributed by atoms with E-state index in [1.165, 1.54) is 0 Å². The van der Waals surface area contributed by atoms with Crippen molar-refractivity contribution in [3.63, 3.8) is 0 Å². The average Bonchev–Trinajstić information content (AvgIpc) is 2.93. The number of carbonyl (C=O) groups is 1. The number of hydrogen-bond acceptors (Lipinski definition) is 3. The van der Waals surface area contributed by atoms with Gasteiger partial charge in [0, 0.05) is 19.6 Å². The first kappa shape index (κ1) is 10.9. The molecule has 0 aromatic rings. The highest BCUT2D eigenvalue weighted by molar-refractivity contribution is 5.72. The van der Waals surface area contributed by atoms with E-state index in [1.807, 2.05) is 0 Å². The van der Waals surface area contributed by atoms with Crippen molar-refractivity contribution >= 4 is 5.97 Å². The number of rotatable bonds is 3. The SMILES string of the molecule is CC1CN(CCO)CC(C(=O)O)C12CC2. The topological polar surface area (TPSA) is 60.8 Å². The highest BCUT2D eigenvalue weighted by Gasteiger charge is 2.58. The van der Waals surface area contributed by atoms with Crippen LogP contribution < -0.4 is 0 Å². The Kier molecular flexibility index (Phi) is 2.73. The van der Waals surface area contributed by atoms with Crippen LogP contribution in [0.15, 0.2) is 0 Å². The van der Waals surface area contributed by atoms with Crippen molar-refractivity contribution in [1.82, 2.24) is 4.90 Å². The van der Waals surface area contributed by atoms with E-state index in [9.17, 15) is 9.90 Å². The number of carboxylic acids is 1. The number of aliphatic hydroxyl groups excluding tert-OH is 1. The number of nitrogens with zero attached hydrogens (tertiary/aromatic N) is 1. The molecule has 1 heterocycles. The van der Waals surface area contributed by atoms with E-state index in [0.29, 0.717) is 19.0 Å². The van der Waals surface area contributed by atoms with Crippen molar-refractivity contribution in [3.05, 3.63) is 0 Å². The lowest BCUT2D eigenvalue weighted by Gasteiger charge is -2.41. The second-order valence-electron chi connectivity index (χ2n) is 5.01. The quantitative estimate of drug-likeness (QED) is 0.713. The van der Waals surface area contributed by atoms with Gasteiger partial charge in [0.05, 0.1) is 12.5 Å². The zero-order valence-corrected chi connectivity index (χ0v) is 9.15. The molecular formula is C11H19NO3. The van der Waals surface area contributed by atoms with E-state index in [-0.39, 0.29) is 17.9 Å². The van der Waals surface area contributed by atoms with Gasteiger partial charge in [-0.1, -0.05) is 6.92 Å². The zero-order chi connectivity index (χ0) is 11.1. The maximum atomic E-state index is 11.2. The lowest BCUT2D eigenvalue weighted by molar-refractivity contribution is -0.148. The number of likely N-dealkylation sites (tertiary alicyclic amines) is 1. The molecule has 86 valence electrons. The molecule has 0 aromatic heterocycles. The highest BCUT2D eigenvalue weighted by Crippen LogP contribution is 2.59. The number of piperidine rings is 1. The van der Waals surface area contributed by atoms with E-state index in [1.54, 1.807) is 0 Å². The minimum atomic E-state index is -0.665. The Balaban J connectivity index is 2.09. The second kappa shape index (κ2) is 3.76. The van der Waals surface area contributed by atoms with Crippen LogP contribution in [0.4, 0.5) is 0 Å². The van der Waals surface area contributed by atoms with Crippen LogP contribution in [0.3, 0.4) is 0 Å². The number of aliphatic hydroxyl groups is 1. The van der Waals surface area contributed by atoms with Crippen molar-refractivity contribution in [2.45, 2.75) is 19.8 Å². The lowest BCUT2D eigenvalue weighted by Crippen LogP contribution is -2.50. The number of aliphatic carboxylic acids is 1. The van der Waals surface area contributed by atoms with Gasteiger partial charge in [-0.15, -0.1) is 0 Å². The van der Waals surface area contributed by atoms with Gasteiger partial charge in [0.1, 0.15) is 0 Å². The summed E-state index contributed by atoms with van der Waals surface area (Å²) in [6, 6.07) is 0. The van der Waals surface area contributed by atoms with Gasteiger partial charge in [0.15, 0.2) is 0 Å². The van der Waals surface area contributed by atoms with Crippen LogP contribution in [0.25, 0.3) is 0 Å². The predicted molar refractivity (Wildman–Crippen MR) is 55.5 cm³/mol. The molecule has 2 N–H and O–H groups in total. The summed E-state index contributed by atoms with van der Waals surface area (Å²) in [5.41, 5.74) is 0.0811. The van der Waals surface area contributed by atoms with E-state index < -0.39 is 5.97 Å². The molecule has 1 spiro atoms. The summed E-state index contributed by atoms with van der Waals surface area (Å²) in [5, 5.41) is 18.1. The van der Waals surface area contributed by atoms with E-state index in [0.717, 1.165) is 19.4 Å². The Bertz CT molecular complexity index is 263. The Morgan fingerprint density at radius 3 is 2.60 bits per heavy atom. The molecule has 15 heavy (non-hydrogen) atoms. The summed E-state index contributed by atoms with van der Waals surface area (Å²) in [7, 11) is 0. The molecule has 1 saturated heterocycles. The number of hydrogen-bond donors (Lipinski definition) is 2. The van der Waals surface area contributed by atoms with Crippen molar-refractivity contribution in [2.24, 2.45) is 17.3 Å². The van der Waals surface area contributed by atoms with E-state index >= 15 is 0 Å². The first-order valence-electron chi connectivity index (χ1n) is 5.66. The first-order valence-corrected chi connectivity index (χ1v) is 5.66. The molecule has 1 saturated carbocycles. The molecule has 2 aliphatic rings. The third-order valence-corrected chi connectivity index (χ3v) is 4.19. The fourth-order valence-electron chi connectivity index (χ4n) is 3.06. The minimum Gasteiger partial charge on any atom is -0.481 e. The minimum absolute atomic E-state index is 0.0811. The molecule has 4 nitrogen and oxygen atoms in total. The number of carboxylic acid groups (broad SMARTS) is 1. The molecular weight excluding hydrogens is 194 g/mol. The molecule has 2 unspecified atom stereocenters. The molecule has 0 bridgehead atoms. The summed E-state index contributed by atoms with van der Waals surface area (Å²) >= 11 is 0. The van der Waals surface area contributed by atoms with Crippen molar-refractivity contribution in [3.8, 4) is 0 Å². The normalized spacial score (nSPS) is 34.3. The average molecular weight is 213 g/mol. The highest BCUT2D eigenvalue weighted by atomic mass is 16.4. The first-order chi connectivity index (χ1) is 7.10. The van der Waals surface area contributed by atoms with E-state index in [4.69, 9.17) is 5.11 Å². The molecule has 2 fully saturated rings. The van der Waals surface area contributed by atoms with Gasteiger partial charge in [-0.2, -0.15) is 0 Å². The van der Waals surface area contributed by atoms with Crippen molar-refractivity contribution < 1.29 is 15.0 Å². The van der Waals surface area contributed by atoms with Crippen LogP contribution in [0, 0.1) is 17.3 Å². The van der Waals surface area contributed by atoms with Crippen LogP contribution in [-0.4, -0.2) is 47.3 Å². The van der Waals surface area contributed by atoms with Gasteiger partial charge in [-0.3, -0.25) is 9.69 Å². The Morgan fingerprint density at radius 1 is 1.47 bits per heavy atom. The van der Waals surface area contributed by atoms with Gasteiger partial charge >= 0.3 is 5.97 Å². The largest absolute Gasteiger partial charge is 0.481 e. The standard InChI is InChI=1S/C11H19NO3/c1-8-6-12(4-5-13)7-9(10(14)15)11(8)2-3-11/h8-9,13H,2-7H2,1H3,(H,14,15). The summed E-state index contributed by atoms with van der Waals surface area (Å²) in [4.78, 5) is 13.3. The van der Waals surface area contributed by atoms with Gasteiger partial charge in [-0.05, 0) is 24.2 Å². The fraction of sp³-hybridized carbons (Fsp3) is 0.909. The molecule has 4 heteroatoms. The molecule has 1 aliphatic heterocycles. The third kappa shape index (κ3) is 1.76. The van der Waals surface area contributed by atoms with Crippen LogP contribution >= 0.6 is 0 Å². The lowest BCUT2D eigenvalue weighted by atomic mass is 9.75.